The molecule has 1 aliphatic heterocycles. The van der Waals surface area contributed by atoms with Crippen molar-refractivity contribution < 1.29 is 9.84 Å². The summed E-state index contributed by atoms with van der Waals surface area (Å²) >= 11 is 0. The Hall–Kier alpha value is -0.500. The molecule has 0 amide bonds. The van der Waals surface area contributed by atoms with Crippen molar-refractivity contribution in [1.82, 2.24) is 0 Å². The Morgan fingerprint density at radius 3 is 3.00 bits per heavy atom. The summed E-state index contributed by atoms with van der Waals surface area (Å²) in [5.74, 6) is 0.528. The smallest absolute Gasteiger partial charge is 0.0934 e. The predicted molar refractivity (Wildman–Crippen MR) is 40.0 cm³/mol. The van der Waals surface area contributed by atoms with Crippen LogP contribution in [0.15, 0.2) is 11.3 Å². The second kappa shape index (κ2) is 3.62. The van der Waals surface area contributed by atoms with E-state index in [9.17, 15) is 5.11 Å². The van der Waals surface area contributed by atoms with Crippen molar-refractivity contribution in [2.45, 2.75) is 26.2 Å². The van der Waals surface area contributed by atoms with Gasteiger partial charge < -0.3 is 9.84 Å². The Labute approximate surface area is 61.5 Å². The molecule has 0 saturated carbocycles. The third kappa shape index (κ3) is 1.74. The summed E-state index contributed by atoms with van der Waals surface area (Å²) in [5.41, 5.74) is 1.09. The fourth-order valence-corrected chi connectivity index (χ4v) is 1.13. The summed E-state index contributed by atoms with van der Waals surface area (Å²) in [5, 5.41) is 9.28. The van der Waals surface area contributed by atoms with Crippen molar-refractivity contribution in [1.29, 1.82) is 0 Å². The highest BCUT2D eigenvalue weighted by molar-refractivity contribution is 5.08. The molecule has 0 aromatic heterocycles. The van der Waals surface area contributed by atoms with Crippen LogP contribution in [0.2, 0.25) is 0 Å². The van der Waals surface area contributed by atoms with Gasteiger partial charge in [-0.15, -0.1) is 0 Å². The average Bonchev–Trinajstić information content (AvgIpc) is 2.05. The molecule has 2 heteroatoms. The average molecular weight is 142 g/mol. The number of ether oxygens (including phenoxy) is 1. The van der Waals surface area contributed by atoms with E-state index in [0.29, 0.717) is 12.4 Å². The first-order chi connectivity index (χ1) is 4.84. The maximum atomic E-state index is 9.28. The van der Waals surface area contributed by atoms with Crippen LogP contribution in [0.25, 0.3) is 0 Å². The first-order valence-electron chi connectivity index (χ1n) is 3.82. The molecule has 2 nitrogen and oxygen atoms in total. The third-order valence-corrected chi connectivity index (χ3v) is 1.79. The van der Waals surface area contributed by atoms with Crippen molar-refractivity contribution in [2.24, 2.45) is 0 Å². The molecule has 0 radical (unpaired) electrons. The van der Waals surface area contributed by atoms with Gasteiger partial charge in [0.15, 0.2) is 0 Å². The van der Waals surface area contributed by atoms with Crippen LogP contribution in [0.5, 0.6) is 0 Å². The van der Waals surface area contributed by atoms with Crippen molar-refractivity contribution in [2.75, 3.05) is 13.2 Å². The monoisotopic (exact) mass is 142 g/mol. The first kappa shape index (κ1) is 7.61. The SMILES string of the molecule is CCC(O)=C1CCCOC1. The van der Waals surface area contributed by atoms with Crippen LogP contribution < -0.4 is 0 Å². The molecule has 0 spiro atoms. The number of allylic oxidation sites excluding steroid dienone is 1. The maximum Gasteiger partial charge on any atom is 0.0934 e. The topological polar surface area (TPSA) is 29.5 Å². The standard InChI is InChI=1S/C8H14O2/c1-2-8(9)7-4-3-5-10-6-7/h9H,2-6H2,1H3. The Kier molecular flexibility index (Phi) is 2.75. The Bertz CT molecular complexity index is 130. The van der Waals surface area contributed by atoms with Crippen LogP contribution in [0.3, 0.4) is 0 Å². The molecule has 1 fully saturated rings. The third-order valence-electron chi connectivity index (χ3n) is 1.79. The lowest BCUT2D eigenvalue weighted by atomic mass is 10.1. The Morgan fingerprint density at radius 2 is 2.50 bits per heavy atom. The molecule has 0 aromatic rings. The van der Waals surface area contributed by atoms with Gasteiger partial charge in [0.25, 0.3) is 0 Å². The van der Waals surface area contributed by atoms with Gasteiger partial charge in [0.1, 0.15) is 0 Å². The fraction of sp³-hybridized carbons (Fsp3) is 0.750. The molecule has 0 atom stereocenters. The number of hydrogen-bond donors (Lipinski definition) is 1. The highest BCUT2D eigenvalue weighted by atomic mass is 16.5. The number of aliphatic hydroxyl groups is 1. The zero-order chi connectivity index (χ0) is 7.40. The molecule has 0 unspecified atom stereocenters. The highest BCUT2D eigenvalue weighted by Gasteiger charge is 2.08. The molecular weight excluding hydrogens is 128 g/mol. The lowest BCUT2D eigenvalue weighted by molar-refractivity contribution is 0.125. The van der Waals surface area contributed by atoms with Gasteiger partial charge in [-0.1, -0.05) is 6.92 Å². The lowest BCUT2D eigenvalue weighted by Crippen LogP contribution is -2.10. The molecule has 1 heterocycles. The minimum atomic E-state index is 0.528. The van der Waals surface area contributed by atoms with Crippen LogP contribution in [0.4, 0.5) is 0 Å². The van der Waals surface area contributed by atoms with E-state index in [-0.39, 0.29) is 0 Å². The van der Waals surface area contributed by atoms with E-state index < -0.39 is 0 Å². The summed E-state index contributed by atoms with van der Waals surface area (Å²) in [6.07, 6.45) is 2.80. The molecule has 10 heavy (non-hydrogen) atoms. The van der Waals surface area contributed by atoms with Gasteiger partial charge in [-0.3, -0.25) is 0 Å². The summed E-state index contributed by atoms with van der Waals surface area (Å²) in [4.78, 5) is 0. The van der Waals surface area contributed by atoms with Gasteiger partial charge in [-0.05, 0) is 18.4 Å². The number of aliphatic hydroxyl groups excluding tert-OH is 1. The van der Waals surface area contributed by atoms with E-state index in [4.69, 9.17) is 4.74 Å². The fourth-order valence-electron chi connectivity index (χ4n) is 1.13. The molecular formula is C8H14O2. The van der Waals surface area contributed by atoms with Crippen LogP contribution in [0, 0.1) is 0 Å². The van der Waals surface area contributed by atoms with Crippen molar-refractivity contribution in [3.05, 3.63) is 11.3 Å². The second-order valence-electron chi connectivity index (χ2n) is 2.56. The van der Waals surface area contributed by atoms with Crippen LogP contribution in [-0.2, 0) is 4.74 Å². The molecule has 1 rings (SSSR count). The van der Waals surface area contributed by atoms with Gasteiger partial charge >= 0.3 is 0 Å². The highest BCUT2D eigenvalue weighted by Crippen LogP contribution is 2.16. The zero-order valence-electron chi connectivity index (χ0n) is 6.39. The molecule has 0 aliphatic carbocycles. The van der Waals surface area contributed by atoms with Crippen LogP contribution >= 0.6 is 0 Å². The second-order valence-corrected chi connectivity index (χ2v) is 2.56. The van der Waals surface area contributed by atoms with E-state index in [1.807, 2.05) is 6.92 Å². The van der Waals surface area contributed by atoms with Gasteiger partial charge in [0.2, 0.25) is 0 Å². The van der Waals surface area contributed by atoms with E-state index in [2.05, 4.69) is 0 Å². The Morgan fingerprint density at radius 1 is 1.70 bits per heavy atom. The summed E-state index contributed by atoms with van der Waals surface area (Å²) in [6.45, 7) is 3.44. The van der Waals surface area contributed by atoms with Gasteiger partial charge in [-0.25, -0.2) is 0 Å². The predicted octanol–water partition coefficient (Wildman–Crippen LogP) is 2.02. The lowest BCUT2D eigenvalue weighted by Gasteiger charge is -2.15. The first-order valence-corrected chi connectivity index (χ1v) is 3.82. The van der Waals surface area contributed by atoms with Crippen molar-refractivity contribution in [3.63, 3.8) is 0 Å². The van der Waals surface area contributed by atoms with Gasteiger partial charge in [0.05, 0.1) is 12.4 Å². The van der Waals surface area contributed by atoms with E-state index >= 15 is 0 Å². The maximum absolute atomic E-state index is 9.28. The molecule has 1 aliphatic rings. The summed E-state index contributed by atoms with van der Waals surface area (Å²) in [7, 11) is 0. The number of rotatable bonds is 1. The normalized spacial score (nSPS) is 24.5. The van der Waals surface area contributed by atoms with Gasteiger partial charge in [0, 0.05) is 13.0 Å². The minimum absolute atomic E-state index is 0.528. The van der Waals surface area contributed by atoms with Crippen LogP contribution in [0.1, 0.15) is 26.2 Å². The zero-order valence-corrected chi connectivity index (χ0v) is 6.39. The minimum Gasteiger partial charge on any atom is -0.512 e. The van der Waals surface area contributed by atoms with Crippen molar-refractivity contribution in [3.8, 4) is 0 Å². The molecule has 1 N–H and O–H groups in total. The summed E-state index contributed by atoms with van der Waals surface area (Å²) in [6, 6.07) is 0. The van der Waals surface area contributed by atoms with Crippen LogP contribution in [-0.4, -0.2) is 18.3 Å². The summed E-state index contributed by atoms with van der Waals surface area (Å²) < 4.78 is 5.19. The quantitative estimate of drug-likeness (QED) is 0.567. The van der Waals surface area contributed by atoms with Crippen molar-refractivity contribution >= 4 is 0 Å². The molecule has 58 valence electrons. The molecule has 0 bridgehead atoms. The molecule has 0 aromatic carbocycles. The molecule has 1 saturated heterocycles. The van der Waals surface area contributed by atoms with Gasteiger partial charge in [-0.2, -0.15) is 0 Å². The Balaban J connectivity index is 2.51. The largest absolute Gasteiger partial charge is 0.512 e. The number of hydrogen-bond acceptors (Lipinski definition) is 2. The van der Waals surface area contributed by atoms with E-state index in [1.54, 1.807) is 0 Å². The van der Waals surface area contributed by atoms with E-state index in [1.165, 1.54) is 0 Å². The van der Waals surface area contributed by atoms with E-state index in [0.717, 1.165) is 31.4 Å².